The van der Waals surface area contributed by atoms with E-state index < -0.39 is 6.29 Å². The predicted octanol–water partition coefficient (Wildman–Crippen LogP) is 3.89. The molecule has 2 aromatic rings. The zero-order chi connectivity index (χ0) is 15.9. The highest BCUT2D eigenvalue weighted by Crippen LogP contribution is 2.45. The van der Waals surface area contributed by atoms with Crippen LogP contribution in [0.4, 0.5) is 0 Å². The van der Waals surface area contributed by atoms with E-state index in [9.17, 15) is 5.11 Å². The largest absolute Gasteiger partial charge is 0.493 e. The molecule has 2 unspecified atom stereocenters. The molecule has 1 aliphatic heterocycles. The molecular weight excluding hydrogens is 348 g/mol. The maximum Gasteiger partial charge on any atom is 0.182 e. The molecule has 3 rings (SSSR count). The van der Waals surface area contributed by atoms with E-state index >= 15 is 0 Å². The summed E-state index contributed by atoms with van der Waals surface area (Å²) in [5.74, 6) is 1.25. The second-order valence-electron chi connectivity index (χ2n) is 5.24. The number of halogens is 1. The average Bonchev–Trinajstić information content (AvgIpc) is 2.82. The number of ether oxygens (including phenoxy) is 3. The van der Waals surface area contributed by atoms with Gasteiger partial charge < -0.3 is 19.3 Å². The first kappa shape index (κ1) is 15.3. The molecule has 0 amide bonds. The normalized spacial score (nSPS) is 19.9. The quantitative estimate of drug-likeness (QED) is 0.897. The smallest absolute Gasteiger partial charge is 0.182 e. The van der Waals surface area contributed by atoms with E-state index in [1.807, 2.05) is 37.3 Å². The first-order chi connectivity index (χ1) is 10.5. The molecule has 0 radical (unpaired) electrons. The molecule has 0 spiro atoms. The molecule has 4 nitrogen and oxygen atoms in total. The SMILES string of the molecule is COc1cc(C2OC(O)c3ccc(C)cc32)cc(Br)c1OC. The van der Waals surface area contributed by atoms with Gasteiger partial charge in [-0.25, -0.2) is 0 Å². The summed E-state index contributed by atoms with van der Waals surface area (Å²) in [4.78, 5) is 0. The molecule has 0 bridgehead atoms. The number of hydrogen-bond acceptors (Lipinski definition) is 4. The number of benzene rings is 2. The van der Waals surface area contributed by atoms with E-state index in [2.05, 4.69) is 15.9 Å². The maximum atomic E-state index is 10.1. The summed E-state index contributed by atoms with van der Waals surface area (Å²) in [7, 11) is 3.19. The number of rotatable bonds is 3. The van der Waals surface area contributed by atoms with Crippen LogP contribution in [-0.4, -0.2) is 19.3 Å². The van der Waals surface area contributed by atoms with Crippen molar-refractivity contribution in [1.29, 1.82) is 0 Å². The first-order valence-corrected chi connectivity index (χ1v) is 7.70. The number of hydrogen-bond donors (Lipinski definition) is 1. The minimum Gasteiger partial charge on any atom is -0.493 e. The second kappa shape index (κ2) is 5.91. The number of fused-ring (bicyclic) bond motifs is 1. The summed E-state index contributed by atoms with van der Waals surface area (Å²) in [6.45, 7) is 2.02. The summed E-state index contributed by atoms with van der Waals surface area (Å²) in [5.41, 5.74) is 3.81. The highest BCUT2D eigenvalue weighted by molar-refractivity contribution is 9.10. The molecular formula is C17H17BrO4. The van der Waals surface area contributed by atoms with Gasteiger partial charge >= 0.3 is 0 Å². The summed E-state index contributed by atoms with van der Waals surface area (Å²) >= 11 is 3.49. The molecule has 22 heavy (non-hydrogen) atoms. The van der Waals surface area contributed by atoms with Crippen molar-refractivity contribution in [3.05, 3.63) is 57.1 Å². The van der Waals surface area contributed by atoms with Gasteiger partial charge in [0, 0.05) is 5.56 Å². The van der Waals surface area contributed by atoms with Crippen molar-refractivity contribution >= 4 is 15.9 Å². The maximum absolute atomic E-state index is 10.1. The summed E-state index contributed by atoms with van der Waals surface area (Å²) in [6.07, 6.45) is -1.24. The van der Waals surface area contributed by atoms with E-state index in [0.717, 1.165) is 26.7 Å². The Kier molecular flexibility index (Phi) is 4.12. The van der Waals surface area contributed by atoms with Crippen molar-refractivity contribution < 1.29 is 19.3 Å². The Morgan fingerprint density at radius 3 is 2.55 bits per heavy atom. The van der Waals surface area contributed by atoms with Crippen molar-refractivity contribution in [3.8, 4) is 11.5 Å². The number of aliphatic hydroxyl groups excluding tert-OH is 1. The summed E-state index contributed by atoms with van der Waals surface area (Å²) in [5, 5.41) is 10.1. The van der Waals surface area contributed by atoms with E-state index in [1.54, 1.807) is 14.2 Å². The second-order valence-corrected chi connectivity index (χ2v) is 6.09. The Morgan fingerprint density at radius 2 is 1.86 bits per heavy atom. The van der Waals surface area contributed by atoms with Crippen LogP contribution in [0, 0.1) is 6.92 Å². The summed E-state index contributed by atoms with van der Waals surface area (Å²) in [6, 6.07) is 9.72. The Labute approximate surface area is 137 Å². The number of methoxy groups -OCH3 is 2. The molecule has 1 N–H and O–H groups in total. The fourth-order valence-corrected chi connectivity index (χ4v) is 3.39. The fraction of sp³-hybridized carbons (Fsp3) is 0.294. The highest BCUT2D eigenvalue weighted by Gasteiger charge is 2.32. The van der Waals surface area contributed by atoms with Gasteiger partial charge in [-0.05, 0) is 46.1 Å². The van der Waals surface area contributed by atoms with Gasteiger partial charge in [0.05, 0.1) is 18.7 Å². The van der Waals surface area contributed by atoms with Crippen molar-refractivity contribution in [2.75, 3.05) is 14.2 Å². The molecule has 0 aliphatic carbocycles. The van der Waals surface area contributed by atoms with Crippen LogP contribution in [0.25, 0.3) is 0 Å². The van der Waals surface area contributed by atoms with Gasteiger partial charge in [-0.15, -0.1) is 0 Å². The molecule has 0 saturated heterocycles. The molecule has 2 aromatic carbocycles. The van der Waals surface area contributed by atoms with Crippen LogP contribution in [-0.2, 0) is 4.74 Å². The predicted molar refractivity (Wildman–Crippen MR) is 86.3 cm³/mol. The molecule has 5 heteroatoms. The van der Waals surface area contributed by atoms with Gasteiger partial charge in [0.25, 0.3) is 0 Å². The fourth-order valence-electron chi connectivity index (χ4n) is 2.77. The topological polar surface area (TPSA) is 47.9 Å². The van der Waals surface area contributed by atoms with Crippen LogP contribution in [0.5, 0.6) is 11.5 Å². The molecule has 1 aliphatic rings. The monoisotopic (exact) mass is 364 g/mol. The molecule has 2 atom stereocenters. The van der Waals surface area contributed by atoms with Gasteiger partial charge in [-0.2, -0.15) is 0 Å². The van der Waals surface area contributed by atoms with Crippen LogP contribution in [0.3, 0.4) is 0 Å². The van der Waals surface area contributed by atoms with Gasteiger partial charge in [0.15, 0.2) is 17.8 Å². The van der Waals surface area contributed by atoms with E-state index in [0.29, 0.717) is 11.5 Å². The minimum atomic E-state index is -0.910. The van der Waals surface area contributed by atoms with Crippen molar-refractivity contribution in [2.45, 2.75) is 19.3 Å². The average molecular weight is 365 g/mol. The molecule has 0 saturated carbocycles. The van der Waals surface area contributed by atoms with E-state index in [-0.39, 0.29) is 6.10 Å². The zero-order valence-corrected chi connectivity index (χ0v) is 14.2. The number of aliphatic hydroxyl groups is 1. The lowest BCUT2D eigenvalue weighted by Gasteiger charge is -2.17. The van der Waals surface area contributed by atoms with E-state index in [1.165, 1.54) is 0 Å². The first-order valence-electron chi connectivity index (χ1n) is 6.90. The van der Waals surface area contributed by atoms with Crippen molar-refractivity contribution in [2.24, 2.45) is 0 Å². The van der Waals surface area contributed by atoms with Crippen LogP contribution in [0.1, 0.15) is 34.6 Å². The van der Waals surface area contributed by atoms with Crippen molar-refractivity contribution in [1.82, 2.24) is 0 Å². The van der Waals surface area contributed by atoms with Crippen LogP contribution >= 0.6 is 15.9 Å². The van der Waals surface area contributed by atoms with Gasteiger partial charge in [0.1, 0.15) is 6.10 Å². The van der Waals surface area contributed by atoms with Crippen LogP contribution in [0.15, 0.2) is 34.8 Å². The lowest BCUT2D eigenvalue weighted by molar-refractivity contribution is -0.109. The van der Waals surface area contributed by atoms with Gasteiger partial charge in [-0.3, -0.25) is 0 Å². The van der Waals surface area contributed by atoms with E-state index in [4.69, 9.17) is 14.2 Å². The third kappa shape index (κ3) is 2.49. The van der Waals surface area contributed by atoms with Crippen LogP contribution in [0.2, 0.25) is 0 Å². The molecule has 116 valence electrons. The third-order valence-corrected chi connectivity index (χ3v) is 4.40. The molecule has 0 fully saturated rings. The Bertz CT molecular complexity index is 714. The van der Waals surface area contributed by atoms with Crippen LogP contribution < -0.4 is 9.47 Å². The van der Waals surface area contributed by atoms with Gasteiger partial charge in [0.2, 0.25) is 0 Å². The highest BCUT2D eigenvalue weighted by atomic mass is 79.9. The lowest BCUT2D eigenvalue weighted by Crippen LogP contribution is -2.02. The van der Waals surface area contributed by atoms with Gasteiger partial charge in [-0.1, -0.05) is 23.8 Å². The lowest BCUT2D eigenvalue weighted by atomic mass is 9.97. The minimum absolute atomic E-state index is 0.332. The summed E-state index contributed by atoms with van der Waals surface area (Å²) < 4.78 is 17.2. The molecule has 0 aromatic heterocycles. The Hall–Kier alpha value is -1.56. The Morgan fingerprint density at radius 1 is 1.09 bits per heavy atom. The zero-order valence-electron chi connectivity index (χ0n) is 12.6. The Balaban J connectivity index is 2.10. The molecule has 1 heterocycles. The third-order valence-electron chi connectivity index (χ3n) is 3.81. The number of aryl methyl sites for hydroxylation is 1. The standard InChI is InChI=1S/C17H17BrO4/c1-9-4-5-11-12(6-9)15(22-17(11)19)10-7-13(18)16(21-3)14(8-10)20-2/h4-8,15,17,19H,1-3H3. The van der Waals surface area contributed by atoms with Crippen molar-refractivity contribution in [3.63, 3.8) is 0 Å².